The average Bonchev–Trinajstić information content (AvgIpc) is 3.57. The number of rotatable bonds is 6. The van der Waals surface area contributed by atoms with Crippen molar-refractivity contribution in [3.8, 4) is 5.75 Å². The van der Waals surface area contributed by atoms with Crippen LogP contribution in [-0.2, 0) is 16.9 Å². The van der Waals surface area contributed by atoms with Gasteiger partial charge in [-0.3, -0.25) is 14.9 Å². The van der Waals surface area contributed by atoms with Gasteiger partial charge in [-0.25, -0.2) is 4.79 Å². The van der Waals surface area contributed by atoms with Gasteiger partial charge in [0, 0.05) is 12.1 Å². The number of benzene rings is 2. The van der Waals surface area contributed by atoms with Crippen molar-refractivity contribution in [2.75, 3.05) is 13.7 Å². The zero-order chi connectivity index (χ0) is 26.6. The highest BCUT2D eigenvalue weighted by atomic mass is 16.5. The van der Waals surface area contributed by atoms with Crippen LogP contribution in [0.4, 0.5) is 4.79 Å². The van der Waals surface area contributed by atoms with Crippen LogP contribution in [0, 0.1) is 5.92 Å². The average molecular weight is 511 g/mol. The van der Waals surface area contributed by atoms with Crippen LogP contribution in [0.25, 0.3) is 5.57 Å². The van der Waals surface area contributed by atoms with E-state index < -0.39 is 17.5 Å². The van der Waals surface area contributed by atoms with Crippen LogP contribution in [0.5, 0.6) is 5.75 Å². The van der Waals surface area contributed by atoms with Crippen molar-refractivity contribution < 1.29 is 23.8 Å². The summed E-state index contributed by atoms with van der Waals surface area (Å²) in [7, 11) is 1.55. The predicted molar refractivity (Wildman–Crippen MR) is 142 cm³/mol. The van der Waals surface area contributed by atoms with Gasteiger partial charge in [-0.1, -0.05) is 47.2 Å². The van der Waals surface area contributed by atoms with Gasteiger partial charge in [0.25, 0.3) is 11.8 Å². The molecule has 6 rings (SSSR count). The minimum absolute atomic E-state index is 0.00421. The monoisotopic (exact) mass is 510 g/mol. The molecule has 9 nitrogen and oxygen atoms in total. The molecule has 0 spiro atoms. The summed E-state index contributed by atoms with van der Waals surface area (Å²) in [6, 6.07) is 12.6. The van der Waals surface area contributed by atoms with E-state index in [1.54, 1.807) is 24.1 Å². The molecule has 4 amide bonds. The maximum atomic E-state index is 13.2. The molecular weight excluding hydrogens is 482 g/mol. The Morgan fingerprint density at radius 3 is 2.61 bits per heavy atom. The first-order chi connectivity index (χ1) is 18.3. The summed E-state index contributed by atoms with van der Waals surface area (Å²) in [6.45, 7) is 4.55. The van der Waals surface area contributed by atoms with E-state index in [1.807, 2.05) is 47.2 Å². The van der Waals surface area contributed by atoms with Crippen molar-refractivity contribution in [3.63, 3.8) is 0 Å². The van der Waals surface area contributed by atoms with Crippen LogP contribution in [0.3, 0.4) is 0 Å². The fraction of sp³-hybridized carbons (Fsp3) is 0.276. The lowest BCUT2D eigenvalue weighted by Crippen LogP contribution is -2.52. The molecule has 1 fully saturated rings. The molecule has 2 aromatic rings. The topological polar surface area (TPSA) is 103 Å². The van der Waals surface area contributed by atoms with Gasteiger partial charge in [-0.2, -0.15) is 0 Å². The number of fused-ring (bicyclic) bond motifs is 2. The third-order valence-corrected chi connectivity index (χ3v) is 7.48. The van der Waals surface area contributed by atoms with Gasteiger partial charge in [0.1, 0.15) is 17.4 Å². The van der Waals surface area contributed by atoms with E-state index in [9.17, 15) is 14.4 Å². The van der Waals surface area contributed by atoms with Gasteiger partial charge in [-0.05, 0) is 59.4 Å². The number of nitrogens with zero attached hydrogens (tertiary/aromatic N) is 3. The fourth-order valence-electron chi connectivity index (χ4n) is 5.38. The summed E-state index contributed by atoms with van der Waals surface area (Å²) in [5.74, 6) is 0.0168. The Labute approximate surface area is 220 Å². The highest BCUT2D eigenvalue weighted by Crippen LogP contribution is 2.34. The Hall–Kier alpha value is -4.53. The fourth-order valence-corrected chi connectivity index (χ4v) is 5.38. The molecule has 38 heavy (non-hydrogen) atoms. The molecule has 4 aliphatic rings. The summed E-state index contributed by atoms with van der Waals surface area (Å²) in [5, 5.41) is 9.81. The number of ether oxygens (including phenoxy) is 1. The van der Waals surface area contributed by atoms with E-state index in [0.29, 0.717) is 29.5 Å². The summed E-state index contributed by atoms with van der Waals surface area (Å²) in [4.78, 5) is 40.3. The van der Waals surface area contributed by atoms with Gasteiger partial charge in [-0.15, -0.1) is 0 Å². The number of imide groups is 1. The second-order valence-electron chi connectivity index (χ2n) is 10.2. The van der Waals surface area contributed by atoms with Gasteiger partial charge in [0.15, 0.2) is 17.8 Å². The lowest BCUT2D eigenvalue weighted by molar-refractivity contribution is -0.557. The molecule has 3 aliphatic heterocycles. The number of nitrogens with one attached hydrogen (secondary N) is 2. The van der Waals surface area contributed by atoms with Crippen LogP contribution in [0.2, 0.25) is 0 Å². The SMILES string of the molecule is COc1ccc2c(c1)C(=O)N(C[C@@]1(c3ccc(C4=CC5C=[N+](C(C)C)N=C5C=C4)cc3)NC(=O)NC1=O)C2. The zero-order valence-electron chi connectivity index (χ0n) is 21.4. The number of hydrogen-bond donors (Lipinski definition) is 2. The molecule has 192 valence electrons. The van der Waals surface area contributed by atoms with Crippen LogP contribution in [0.1, 0.15) is 40.9 Å². The van der Waals surface area contributed by atoms with Gasteiger partial charge < -0.3 is 15.0 Å². The van der Waals surface area contributed by atoms with Gasteiger partial charge in [0.05, 0.1) is 13.7 Å². The molecule has 0 bridgehead atoms. The second-order valence-corrected chi connectivity index (χ2v) is 10.2. The Kier molecular flexibility index (Phi) is 5.52. The molecule has 1 aliphatic carbocycles. The predicted octanol–water partition coefficient (Wildman–Crippen LogP) is 2.82. The molecule has 2 aromatic carbocycles. The molecular formula is C29H28N5O4+. The summed E-state index contributed by atoms with van der Waals surface area (Å²) < 4.78 is 7.24. The highest BCUT2D eigenvalue weighted by molar-refractivity contribution is 6.12. The Balaban J connectivity index is 1.28. The van der Waals surface area contributed by atoms with E-state index >= 15 is 0 Å². The Morgan fingerprint density at radius 1 is 1.13 bits per heavy atom. The lowest BCUT2D eigenvalue weighted by Gasteiger charge is -2.31. The third kappa shape index (κ3) is 3.82. The Bertz CT molecular complexity index is 1500. The summed E-state index contributed by atoms with van der Waals surface area (Å²) in [6.07, 6.45) is 8.36. The van der Waals surface area contributed by atoms with E-state index in [1.165, 1.54) is 0 Å². The van der Waals surface area contributed by atoms with Crippen molar-refractivity contribution in [3.05, 3.63) is 82.9 Å². The van der Waals surface area contributed by atoms with Crippen LogP contribution < -0.4 is 15.4 Å². The van der Waals surface area contributed by atoms with E-state index in [-0.39, 0.29) is 18.4 Å². The number of hydrogen-bond acceptors (Lipinski definition) is 5. The first kappa shape index (κ1) is 23.8. The molecule has 1 saturated heterocycles. The second kappa shape index (κ2) is 8.79. The number of carbonyl (C=O) groups is 3. The number of amides is 4. The van der Waals surface area contributed by atoms with Gasteiger partial charge >= 0.3 is 6.03 Å². The molecule has 2 N–H and O–H groups in total. The molecule has 9 heteroatoms. The number of hydrazone groups is 1. The summed E-state index contributed by atoms with van der Waals surface area (Å²) in [5.41, 5.74) is 3.64. The van der Waals surface area contributed by atoms with Gasteiger partial charge in [0.2, 0.25) is 0 Å². The number of urea groups is 1. The maximum Gasteiger partial charge on any atom is 0.322 e. The molecule has 0 saturated carbocycles. The normalized spacial score (nSPS) is 23.6. The number of carbonyl (C=O) groups excluding carboxylic acids is 3. The Morgan fingerprint density at radius 2 is 1.92 bits per heavy atom. The maximum absolute atomic E-state index is 13.2. The summed E-state index contributed by atoms with van der Waals surface area (Å²) >= 11 is 0. The first-order valence-corrected chi connectivity index (χ1v) is 12.6. The van der Waals surface area contributed by atoms with E-state index in [2.05, 4.69) is 41.9 Å². The van der Waals surface area contributed by atoms with Crippen LogP contribution in [0.15, 0.2) is 65.8 Å². The smallest absolute Gasteiger partial charge is 0.322 e. The van der Waals surface area contributed by atoms with Crippen molar-refractivity contribution in [2.24, 2.45) is 11.0 Å². The quantitative estimate of drug-likeness (QED) is 0.461. The number of methoxy groups -OCH3 is 1. The minimum atomic E-state index is -1.40. The molecule has 3 heterocycles. The van der Waals surface area contributed by atoms with Crippen LogP contribution >= 0.6 is 0 Å². The molecule has 0 radical (unpaired) electrons. The zero-order valence-corrected chi connectivity index (χ0v) is 21.4. The van der Waals surface area contributed by atoms with Crippen molar-refractivity contribution >= 4 is 35.3 Å². The highest BCUT2D eigenvalue weighted by Gasteiger charge is 2.50. The molecule has 2 atom stereocenters. The van der Waals surface area contributed by atoms with Crippen LogP contribution in [-0.4, -0.2) is 59.1 Å². The minimum Gasteiger partial charge on any atom is -0.497 e. The molecule has 1 unspecified atom stereocenters. The van der Waals surface area contributed by atoms with E-state index in [4.69, 9.17) is 4.74 Å². The van der Waals surface area contributed by atoms with Crippen molar-refractivity contribution in [2.45, 2.75) is 32.0 Å². The van der Waals surface area contributed by atoms with E-state index in [0.717, 1.165) is 22.4 Å². The number of allylic oxidation sites excluding steroid dienone is 4. The van der Waals surface area contributed by atoms with Crippen molar-refractivity contribution in [1.29, 1.82) is 0 Å². The third-order valence-electron chi connectivity index (χ3n) is 7.48. The standard InChI is InChI=1S/C29H27N5O4/c1-17(2)34-15-21-12-19(7-11-25(21)32-34)18-4-8-22(9-5-18)29(27(36)30-28(37)31-29)16-33-14-20-6-10-23(38-3)13-24(20)26(33)35/h4-13,15,17,21H,14,16H2,1-3H3,(H-,30,31,36,37)/p+1/t21?,29-/m0/s1. The van der Waals surface area contributed by atoms with Crippen molar-refractivity contribution in [1.82, 2.24) is 15.5 Å². The molecule has 0 aromatic heterocycles. The first-order valence-electron chi connectivity index (χ1n) is 12.6. The lowest BCUT2D eigenvalue weighted by atomic mass is 9.86. The largest absolute Gasteiger partial charge is 0.497 e.